The number of nitrogen functional groups attached to an aromatic ring is 1. The van der Waals surface area contributed by atoms with Crippen LogP contribution in [0.4, 0.5) is 11.4 Å². The van der Waals surface area contributed by atoms with Crippen LogP contribution in [0.3, 0.4) is 0 Å². The average molecular weight is 431 g/mol. The van der Waals surface area contributed by atoms with Crippen molar-refractivity contribution in [3.63, 3.8) is 0 Å². The number of anilines is 2. The van der Waals surface area contributed by atoms with Crippen LogP contribution in [0.2, 0.25) is 0 Å². The van der Waals surface area contributed by atoms with Crippen molar-refractivity contribution in [2.75, 3.05) is 11.1 Å². The van der Waals surface area contributed by atoms with Gasteiger partial charge in [0.2, 0.25) is 11.7 Å². The molecule has 164 valence electrons. The van der Waals surface area contributed by atoms with E-state index in [1.807, 2.05) is 12.1 Å². The normalized spacial score (nSPS) is 18.0. The van der Waals surface area contributed by atoms with Gasteiger partial charge in [0.1, 0.15) is 11.4 Å². The summed E-state index contributed by atoms with van der Waals surface area (Å²) in [5.41, 5.74) is 8.60. The van der Waals surface area contributed by atoms with E-state index in [0.29, 0.717) is 28.6 Å². The molecule has 0 unspecified atom stereocenters. The van der Waals surface area contributed by atoms with Gasteiger partial charge >= 0.3 is 0 Å². The molecule has 1 aromatic heterocycles. The van der Waals surface area contributed by atoms with E-state index in [2.05, 4.69) is 21.9 Å². The van der Waals surface area contributed by atoms with E-state index in [9.17, 15) is 9.90 Å². The number of nitrogens with zero attached hydrogens (tertiary/aromatic N) is 2. The molecule has 0 spiro atoms. The Morgan fingerprint density at radius 2 is 1.72 bits per heavy atom. The highest BCUT2D eigenvalue weighted by atomic mass is 16.5. The van der Waals surface area contributed by atoms with E-state index >= 15 is 0 Å². The molecule has 0 bridgehead atoms. The highest BCUT2D eigenvalue weighted by molar-refractivity contribution is 6.10. The van der Waals surface area contributed by atoms with Gasteiger partial charge in [-0.05, 0) is 62.1 Å². The van der Waals surface area contributed by atoms with Crippen LogP contribution in [0.5, 0.6) is 11.6 Å². The first kappa shape index (κ1) is 21.5. The maximum absolute atomic E-state index is 12.7. The quantitative estimate of drug-likeness (QED) is 0.284. The molecule has 1 heterocycles. The number of nitrogens with two attached hydrogens (primary N) is 1. The number of para-hydroxylation sites is 2. The number of rotatable bonds is 7. The number of aliphatic hydroxyl groups excluding tert-OH is 1. The number of ether oxygens (including phenoxy) is 1. The van der Waals surface area contributed by atoms with E-state index in [-0.39, 0.29) is 23.5 Å². The Morgan fingerprint density at radius 3 is 2.44 bits per heavy atom. The molecule has 7 nitrogen and oxygen atoms in total. The number of carbonyl (C=O) groups is 1. The summed E-state index contributed by atoms with van der Waals surface area (Å²) in [5.74, 6) is 0.993. The van der Waals surface area contributed by atoms with E-state index in [1.54, 1.807) is 48.8 Å². The third-order valence-corrected chi connectivity index (χ3v) is 5.63. The summed E-state index contributed by atoms with van der Waals surface area (Å²) in [6, 6.07) is 14.0. The van der Waals surface area contributed by atoms with Crippen molar-refractivity contribution >= 4 is 17.2 Å². The number of benzene rings is 2. The van der Waals surface area contributed by atoms with Crippen molar-refractivity contribution in [2.24, 2.45) is 0 Å². The average Bonchev–Trinajstić information content (AvgIpc) is 2.81. The number of hydrogen-bond acceptors (Lipinski definition) is 7. The largest absolute Gasteiger partial charge is 0.437 e. The zero-order chi connectivity index (χ0) is 22.5. The predicted molar refractivity (Wildman–Crippen MR) is 124 cm³/mol. The number of hydrogen-bond donors (Lipinski definition) is 3. The van der Waals surface area contributed by atoms with Gasteiger partial charge in [-0.1, -0.05) is 18.7 Å². The second-order valence-corrected chi connectivity index (χ2v) is 7.90. The lowest BCUT2D eigenvalue weighted by molar-refractivity contribution is 0.103. The topological polar surface area (TPSA) is 110 Å². The molecule has 0 amide bonds. The van der Waals surface area contributed by atoms with E-state index < -0.39 is 0 Å². The molecular weight excluding hydrogens is 404 g/mol. The summed E-state index contributed by atoms with van der Waals surface area (Å²) in [4.78, 5) is 21.6. The number of ketones is 1. The molecule has 0 atom stereocenters. The van der Waals surface area contributed by atoms with Gasteiger partial charge < -0.3 is 20.9 Å². The first-order valence-corrected chi connectivity index (χ1v) is 10.6. The van der Waals surface area contributed by atoms with Gasteiger partial charge in [-0.25, -0.2) is 4.98 Å². The number of aliphatic hydroxyl groups is 1. The van der Waals surface area contributed by atoms with Crippen molar-refractivity contribution < 1.29 is 14.6 Å². The molecule has 0 aliphatic heterocycles. The Hall–Kier alpha value is -3.71. The minimum Gasteiger partial charge on any atom is -0.437 e. The lowest BCUT2D eigenvalue weighted by atomic mass is 9.85. The maximum atomic E-state index is 12.7. The van der Waals surface area contributed by atoms with Gasteiger partial charge in [-0.3, -0.25) is 9.78 Å². The summed E-state index contributed by atoms with van der Waals surface area (Å²) >= 11 is 0. The van der Waals surface area contributed by atoms with E-state index in [4.69, 9.17) is 10.5 Å². The molecule has 1 aliphatic carbocycles. The fourth-order valence-electron chi connectivity index (χ4n) is 3.83. The summed E-state index contributed by atoms with van der Waals surface area (Å²) in [5, 5.41) is 12.7. The summed E-state index contributed by atoms with van der Waals surface area (Å²) in [6.45, 7) is 3.84. The van der Waals surface area contributed by atoms with Crippen molar-refractivity contribution in [1.29, 1.82) is 0 Å². The monoisotopic (exact) mass is 430 g/mol. The van der Waals surface area contributed by atoms with Crippen LogP contribution in [-0.4, -0.2) is 27.0 Å². The molecule has 4 rings (SSSR count). The molecule has 2 aromatic carbocycles. The molecule has 0 saturated heterocycles. The van der Waals surface area contributed by atoms with Crippen LogP contribution in [0.1, 0.15) is 47.7 Å². The number of Topliss-reactive ketones (excluding diaryl/α,β-unsaturated/α-hetero) is 1. The molecular formula is C25H26N4O3. The summed E-state index contributed by atoms with van der Waals surface area (Å²) < 4.78 is 5.99. The van der Waals surface area contributed by atoms with Gasteiger partial charge in [0.25, 0.3) is 0 Å². The molecule has 3 aromatic rings. The lowest BCUT2D eigenvalue weighted by Gasteiger charge is -2.25. The van der Waals surface area contributed by atoms with Crippen LogP contribution >= 0.6 is 0 Å². The Kier molecular flexibility index (Phi) is 6.47. The third-order valence-electron chi connectivity index (χ3n) is 5.63. The SMILES string of the molecule is C=C(Nc1ccccc1N)C(=O)c1ccc(Oc2nccnc2[C@H]2CC[C@H](O)CC2)cc1. The predicted octanol–water partition coefficient (Wildman–Crippen LogP) is 4.68. The minimum atomic E-state index is -0.236. The van der Waals surface area contributed by atoms with E-state index in [1.165, 1.54) is 0 Å². The van der Waals surface area contributed by atoms with Crippen LogP contribution in [0.25, 0.3) is 0 Å². The second-order valence-electron chi connectivity index (χ2n) is 7.90. The highest BCUT2D eigenvalue weighted by Gasteiger charge is 2.25. The molecule has 1 fully saturated rings. The van der Waals surface area contributed by atoms with Crippen LogP contribution < -0.4 is 15.8 Å². The van der Waals surface area contributed by atoms with Gasteiger partial charge in [0, 0.05) is 23.9 Å². The van der Waals surface area contributed by atoms with Crippen LogP contribution in [-0.2, 0) is 0 Å². The van der Waals surface area contributed by atoms with Crippen molar-refractivity contribution in [3.8, 4) is 11.6 Å². The molecule has 7 heteroatoms. The number of carbonyl (C=O) groups excluding carboxylic acids is 1. The summed E-state index contributed by atoms with van der Waals surface area (Å²) in [6.07, 6.45) is 6.23. The molecule has 1 saturated carbocycles. The minimum absolute atomic E-state index is 0.211. The Bertz CT molecular complexity index is 1110. The standard InChI is InChI=1S/C25H26N4O3/c1-16(29-22-5-3-2-4-21(22)26)24(31)18-8-12-20(13-9-18)32-25-23(27-14-15-28-25)17-6-10-19(30)11-7-17/h2-5,8-9,12-15,17,19,29-30H,1,6-7,10-11,26H2/t17-,19-. The number of allylic oxidation sites excluding steroid dienone is 1. The molecule has 32 heavy (non-hydrogen) atoms. The first-order valence-electron chi connectivity index (χ1n) is 10.6. The van der Waals surface area contributed by atoms with Gasteiger partial charge in [-0.15, -0.1) is 0 Å². The molecule has 1 aliphatic rings. The molecule has 4 N–H and O–H groups in total. The zero-order valence-electron chi connectivity index (χ0n) is 17.7. The second kappa shape index (κ2) is 9.62. The van der Waals surface area contributed by atoms with Crippen molar-refractivity contribution in [2.45, 2.75) is 37.7 Å². The van der Waals surface area contributed by atoms with Crippen molar-refractivity contribution in [1.82, 2.24) is 9.97 Å². The zero-order valence-corrected chi connectivity index (χ0v) is 17.7. The highest BCUT2D eigenvalue weighted by Crippen LogP contribution is 2.36. The summed E-state index contributed by atoms with van der Waals surface area (Å²) in [7, 11) is 0. The van der Waals surface area contributed by atoms with Crippen LogP contribution in [0.15, 0.2) is 73.2 Å². The van der Waals surface area contributed by atoms with Gasteiger partial charge in [0.05, 0.1) is 23.2 Å². The third kappa shape index (κ3) is 4.95. The van der Waals surface area contributed by atoms with Gasteiger partial charge in [-0.2, -0.15) is 0 Å². The fraction of sp³-hybridized carbons (Fsp3) is 0.240. The smallest absolute Gasteiger partial charge is 0.241 e. The fourth-order valence-corrected chi connectivity index (χ4v) is 3.83. The first-order chi connectivity index (χ1) is 15.5. The van der Waals surface area contributed by atoms with E-state index in [0.717, 1.165) is 31.4 Å². The Morgan fingerprint density at radius 1 is 1.03 bits per heavy atom. The van der Waals surface area contributed by atoms with Crippen molar-refractivity contribution in [3.05, 3.63) is 84.5 Å². The Balaban J connectivity index is 1.44. The maximum Gasteiger partial charge on any atom is 0.241 e. The van der Waals surface area contributed by atoms with Gasteiger partial charge in [0.15, 0.2) is 0 Å². The number of nitrogens with one attached hydrogen (secondary N) is 1. The molecule has 0 radical (unpaired) electrons. The number of aromatic nitrogens is 2. The van der Waals surface area contributed by atoms with Crippen LogP contribution in [0, 0.1) is 0 Å². The Labute approximate surface area is 187 Å². The lowest BCUT2D eigenvalue weighted by Crippen LogP contribution is -2.18.